The number of piperidine rings is 1. The maximum absolute atomic E-state index is 12.3. The summed E-state index contributed by atoms with van der Waals surface area (Å²) in [5.41, 5.74) is 0.661. The molecular formula is C21H31N3O3. The van der Waals surface area contributed by atoms with Gasteiger partial charge in [-0.2, -0.15) is 0 Å². The summed E-state index contributed by atoms with van der Waals surface area (Å²) in [5.74, 6) is -0.0451. The first-order chi connectivity index (χ1) is 12.8. The molecule has 2 N–H and O–H groups in total. The average Bonchev–Trinajstić information content (AvgIpc) is 2.66. The summed E-state index contributed by atoms with van der Waals surface area (Å²) in [6, 6.07) is 9.71. The van der Waals surface area contributed by atoms with E-state index in [-0.39, 0.29) is 35.5 Å². The molecule has 2 rings (SSSR count). The summed E-state index contributed by atoms with van der Waals surface area (Å²) in [5, 5.41) is 5.70. The third-order valence-corrected chi connectivity index (χ3v) is 4.78. The van der Waals surface area contributed by atoms with E-state index in [0.29, 0.717) is 39.0 Å². The molecule has 1 aliphatic rings. The van der Waals surface area contributed by atoms with Crippen LogP contribution in [0.1, 0.15) is 45.6 Å². The molecule has 0 aliphatic carbocycles. The Hall–Kier alpha value is -2.37. The average molecular weight is 373 g/mol. The lowest BCUT2D eigenvalue weighted by Crippen LogP contribution is -2.46. The van der Waals surface area contributed by atoms with Crippen molar-refractivity contribution in [3.05, 3.63) is 35.9 Å². The lowest BCUT2D eigenvalue weighted by molar-refractivity contribution is -0.142. The van der Waals surface area contributed by atoms with Crippen molar-refractivity contribution in [1.82, 2.24) is 15.5 Å². The zero-order chi connectivity index (χ0) is 19.9. The zero-order valence-corrected chi connectivity index (χ0v) is 16.6. The third-order valence-electron chi connectivity index (χ3n) is 4.78. The summed E-state index contributed by atoms with van der Waals surface area (Å²) in [4.78, 5) is 38.3. The number of amides is 3. The number of likely N-dealkylation sites (tertiary alicyclic amines) is 1. The second kappa shape index (κ2) is 9.53. The van der Waals surface area contributed by atoms with Crippen LogP contribution in [0, 0.1) is 11.3 Å². The van der Waals surface area contributed by atoms with Gasteiger partial charge in [-0.1, -0.05) is 51.1 Å². The van der Waals surface area contributed by atoms with Gasteiger partial charge in [0.1, 0.15) is 0 Å². The Kier molecular flexibility index (Phi) is 7.39. The highest BCUT2D eigenvalue weighted by Gasteiger charge is 2.32. The fraction of sp³-hybridized carbons (Fsp3) is 0.571. The lowest BCUT2D eigenvalue weighted by Gasteiger charge is -2.35. The van der Waals surface area contributed by atoms with E-state index in [0.717, 1.165) is 5.56 Å². The molecule has 1 saturated heterocycles. The number of nitrogens with one attached hydrogen (secondary N) is 2. The van der Waals surface area contributed by atoms with Crippen LogP contribution in [-0.2, 0) is 20.9 Å². The quantitative estimate of drug-likeness (QED) is 0.801. The summed E-state index contributed by atoms with van der Waals surface area (Å²) in [6.45, 7) is 7.80. The van der Waals surface area contributed by atoms with Gasteiger partial charge < -0.3 is 15.5 Å². The summed E-state index contributed by atoms with van der Waals surface area (Å²) >= 11 is 0. The van der Waals surface area contributed by atoms with Crippen molar-refractivity contribution in [3.63, 3.8) is 0 Å². The third kappa shape index (κ3) is 6.70. The van der Waals surface area contributed by atoms with Crippen molar-refractivity contribution in [2.24, 2.45) is 11.3 Å². The molecule has 27 heavy (non-hydrogen) atoms. The number of rotatable bonds is 6. The van der Waals surface area contributed by atoms with Gasteiger partial charge in [-0.05, 0) is 18.4 Å². The predicted molar refractivity (Wildman–Crippen MR) is 105 cm³/mol. The maximum Gasteiger partial charge on any atom is 0.227 e. The van der Waals surface area contributed by atoms with Gasteiger partial charge in [-0.3, -0.25) is 14.4 Å². The van der Waals surface area contributed by atoms with Gasteiger partial charge in [0.15, 0.2) is 0 Å². The van der Waals surface area contributed by atoms with E-state index < -0.39 is 0 Å². The Morgan fingerprint density at radius 1 is 1.04 bits per heavy atom. The van der Waals surface area contributed by atoms with Crippen molar-refractivity contribution in [1.29, 1.82) is 0 Å². The van der Waals surface area contributed by atoms with E-state index in [1.807, 2.05) is 56.0 Å². The minimum atomic E-state index is -0.387. The van der Waals surface area contributed by atoms with E-state index in [2.05, 4.69) is 10.6 Å². The molecule has 0 atom stereocenters. The first-order valence-corrected chi connectivity index (χ1v) is 9.65. The van der Waals surface area contributed by atoms with Crippen LogP contribution in [0.3, 0.4) is 0 Å². The number of hydrogen-bond acceptors (Lipinski definition) is 3. The molecular weight excluding hydrogens is 342 g/mol. The molecule has 0 spiro atoms. The molecule has 0 unspecified atom stereocenters. The zero-order valence-electron chi connectivity index (χ0n) is 16.6. The van der Waals surface area contributed by atoms with E-state index in [1.54, 1.807) is 0 Å². The first kappa shape index (κ1) is 20.9. The van der Waals surface area contributed by atoms with Crippen LogP contribution < -0.4 is 10.6 Å². The van der Waals surface area contributed by atoms with E-state index >= 15 is 0 Å². The molecule has 3 amide bonds. The normalized spacial score (nSPS) is 15.3. The van der Waals surface area contributed by atoms with Gasteiger partial charge in [0.2, 0.25) is 17.7 Å². The Labute approximate surface area is 161 Å². The second-order valence-electron chi connectivity index (χ2n) is 8.12. The number of benzene rings is 1. The van der Waals surface area contributed by atoms with Gasteiger partial charge in [0.25, 0.3) is 0 Å². The molecule has 1 aromatic carbocycles. The highest BCUT2D eigenvalue weighted by Crippen LogP contribution is 2.23. The van der Waals surface area contributed by atoms with Crippen LogP contribution in [0.25, 0.3) is 0 Å². The van der Waals surface area contributed by atoms with Crippen LogP contribution in [0.2, 0.25) is 0 Å². The number of nitrogens with zero attached hydrogens (tertiary/aromatic N) is 1. The largest absolute Gasteiger partial charge is 0.355 e. The van der Waals surface area contributed by atoms with Crippen LogP contribution in [0.15, 0.2) is 30.3 Å². The minimum Gasteiger partial charge on any atom is -0.355 e. The van der Waals surface area contributed by atoms with Gasteiger partial charge >= 0.3 is 0 Å². The standard InChI is InChI=1S/C21H31N3O3/c1-21(2,3)20(27)24-13-10-17(11-14-24)19(26)22-12-9-18(25)23-15-16-7-5-4-6-8-16/h4-8,17H,9-15H2,1-3H3,(H,22,26)(H,23,25). The van der Waals surface area contributed by atoms with Gasteiger partial charge in [-0.25, -0.2) is 0 Å². The number of hydrogen-bond donors (Lipinski definition) is 2. The summed E-state index contributed by atoms with van der Waals surface area (Å²) < 4.78 is 0. The molecule has 1 aliphatic heterocycles. The smallest absolute Gasteiger partial charge is 0.227 e. The van der Waals surface area contributed by atoms with Crippen molar-refractivity contribution < 1.29 is 14.4 Å². The molecule has 0 radical (unpaired) electrons. The topological polar surface area (TPSA) is 78.5 Å². The van der Waals surface area contributed by atoms with Crippen molar-refractivity contribution >= 4 is 17.7 Å². The van der Waals surface area contributed by atoms with Crippen LogP contribution in [0.4, 0.5) is 0 Å². The van der Waals surface area contributed by atoms with Crippen LogP contribution in [0.5, 0.6) is 0 Å². The Bertz CT molecular complexity index is 644. The molecule has 1 heterocycles. The van der Waals surface area contributed by atoms with Crippen LogP contribution >= 0.6 is 0 Å². The summed E-state index contributed by atoms with van der Waals surface area (Å²) in [7, 11) is 0. The molecule has 1 fully saturated rings. The van der Waals surface area contributed by atoms with E-state index in [1.165, 1.54) is 0 Å². The SMILES string of the molecule is CC(C)(C)C(=O)N1CCC(C(=O)NCCC(=O)NCc2ccccc2)CC1. The van der Waals surface area contributed by atoms with Crippen molar-refractivity contribution in [3.8, 4) is 0 Å². The highest BCUT2D eigenvalue weighted by molar-refractivity contribution is 5.83. The van der Waals surface area contributed by atoms with E-state index in [4.69, 9.17) is 0 Å². The molecule has 6 heteroatoms. The first-order valence-electron chi connectivity index (χ1n) is 9.65. The predicted octanol–water partition coefficient (Wildman–Crippen LogP) is 2.09. The lowest BCUT2D eigenvalue weighted by atomic mass is 9.90. The fourth-order valence-electron chi connectivity index (χ4n) is 3.15. The fourth-order valence-corrected chi connectivity index (χ4v) is 3.15. The van der Waals surface area contributed by atoms with Crippen LogP contribution in [-0.4, -0.2) is 42.3 Å². The number of carbonyl (C=O) groups is 3. The Balaban J connectivity index is 1.63. The second-order valence-corrected chi connectivity index (χ2v) is 8.12. The molecule has 0 saturated carbocycles. The Morgan fingerprint density at radius 3 is 2.26 bits per heavy atom. The molecule has 1 aromatic rings. The molecule has 6 nitrogen and oxygen atoms in total. The Morgan fingerprint density at radius 2 is 1.67 bits per heavy atom. The minimum absolute atomic E-state index is 0.0197. The van der Waals surface area contributed by atoms with Crippen molar-refractivity contribution in [2.45, 2.75) is 46.6 Å². The number of carbonyl (C=O) groups excluding carboxylic acids is 3. The van der Waals surface area contributed by atoms with Crippen molar-refractivity contribution in [2.75, 3.05) is 19.6 Å². The monoisotopic (exact) mass is 373 g/mol. The van der Waals surface area contributed by atoms with E-state index in [9.17, 15) is 14.4 Å². The maximum atomic E-state index is 12.3. The highest BCUT2D eigenvalue weighted by atomic mass is 16.2. The van der Waals surface area contributed by atoms with Gasteiger partial charge in [0, 0.05) is 43.9 Å². The molecule has 0 aromatic heterocycles. The van der Waals surface area contributed by atoms with Gasteiger partial charge in [0.05, 0.1) is 0 Å². The summed E-state index contributed by atoms with van der Waals surface area (Å²) in [6.07, 6.45) is 1.61. The van der Waals surface area contributed by atoms with Gasteiger partial charge in [-0.15, -0.1) is 0 Å². The molecule has 0 bridgehead atoms. The molecule has 148 valence electrons.